The summed E-state index contributed by atoms with van der Waals surface area (Å²) in [4.78, 5) is 5.23. The van der Waals surface area contributed by atoms with E-state index in [0.717, 1.165) is 5.75 Å². The quantitative estimate of drug-likeness (QED) is 0.849. The molecule has 0 amide bonds. The number of piperazine rings is 1. The Bertz CT molecular complexity index is 453. The molecule has 0 spiro atoms. The van der Waals surface area contributed by atoms with Crippen molar-refractivity contribution in [2.45, 2.75) is 39.7 Å². The van der Waals surface area contributed by atoms with Crippen molar-refractivity contribution in [2.24, 2.45) is 0 Å². The average molecular weight is 290 g/mol. The Morgan fingerprint density at radius 2 is 1.95 bits per heavy atom. The summed E-state index contributed by atoms with van der Waals surface area (Å²) in [7, 11) is 1.76. The van der Waals surface area contributed by atoms with Crippen LogP contribution in [0.4, 0.5) is 0 Å². The number of hydrogen-bond acceptors (Lipinski definition) is 3. The molecular formula is C18H30N2O. The summed E-state index contributed by atoms with van der Waals surface area (Å²) in [6.07, 6.45) is 3.84. The molecule has 3 rings (SSSR count). The maximum atomic E-state index is 5.42. The zero-order valence-corrected chi connectivity index (χ0v) is 12.8. The lowest BCUT2D eigenvalue weighted by atomic mass is 9.86. The third-order valence-corrected chi connectivity index (χ3v) is 4.93. The predicted octanol–water partition coefficient (Wildman–Crippen LogP) is 3.35. The molecule has 3 nitrogen and oxygen atoms in total. The molecule has 1 atom stereocenters. The Hall–Kier alpha value is -1.06. The fourth-order valence-corrected chi connectivity index (χ4v) is 3.65. The fourth-order valence-electron chi connectivity index (χ4n) is 3.65. The van der Waals surface area contributed by atoms with E-state index in [1.54, 1.807) is 7.11 Å². The molecule has 0 N–H and O–H groups in total. The van der Waals surface area contributed by atoms with Crippen molar-refractivity contribution in [1.82, 2.24) is 9.80 Å². The van der Waals surface area contributed by atoms with Crippen molar-refractivity contribution in [1.29, 1.82) is 0 Å². The molecule has 1 aromatic carbocycles. The molecule has 0 radical (unpaired) electrons. The van der Waals surface area contributed by atoms with Crippen LogP contribution >= 0.6 is 0 Å². The molecular weight excluding hydrogens is 260 g/mol. The van der Waals surface area contributed by atoms with Crippen LogP contribution < -0.4 is 4.74 Å². The van der Waals surface area contributed by atoms with Crippen LogP contribution in [0.25, 0.3) is 0 Å². The number of methoxy groups -OCH3 is 1. The van der Waals surface area contributed by atoms with Gasteiger partial charge in [-0.2, -0.15) is 0 Å². The first-order valence-electron chi connectivity index (χ1n) is 7.95. The molecule has 118 valence electrons. The van der Waals surface area contributed by atoms with Crippen LogP contribution in [0, 0.1) is 0 Å². The molecule has 0 unspecified atom stereocenters. The second-order valence-corrected chi connectivity index (χ2v) is 5.94. The normalized spacial score (nSPS) is 23.2. The molecule has 1 aliphatic heterocycles. The van der Waals surface area contributed by atoms with Gasteiger partial charge >= 0.3 is 0 Å². The first kappa shape index (κ1) is 16.3. The fraction of sp³-hybridized carbons (Fsp3) is 0.667. The zero-order chi connectivity index (χ0) is 13.9. The van der Waals surface area contributed by atoms with E-state index in [1.165, 1.54) is 63.1 Å². The summed E-state index contributed by atoms with van der Waals surface area (Å²) >= 11 is 0. The summed E-state index contributed by atoms with van der Waals surface area (Å²) in [5.41, 5.74) is 3.04. The van der Waals surface area contributed by atoms with E-state index >= 15 is 0 Å². The molecule has 0 aromatic heterocycles. The van der Waals surface area contributed by atoms with Crippen LogP contribution in [0.1, 0.15) is 44.4 Å². The minimum absolute atomic E-state index is 0. The maximum absolute atomic E-state index is 5.42. The summed E-state index contributed by atoms with van der Waals surface area (Å²) in [6, 6.07) is 7.25. The van der Waals surface area contributed by atoms with Crippen molar-refractivity contribution in [3.05, 3.63) is 29.3 Å². The number of ether oxygens (including phenoxy) is 1. The number of aryl methyl sites for hydroxylation is 1. The van der Waals surface area contributed by atoms with Gasteiger partial charge in [0.05, 0.1) is 7.11 Å². The summed E-state index contributed by atoms with van der Waals surface area (Å²) in [5.74, 6) is 1.00. The highest BCUT2D eigenvalue weighted by Crippen LogP contribution is 2.36. The second kappa shape index (κ2) is 7.28. The van der Waals surface area contributed by atoms with E-state index in [4.69, 9.17) is 4.74 Å². The van der Waals surface area contributed by atoms with Crippen LogP contribution in [0.3, 0.4) is 0 Å². The molecule has 1 aromatic rings. The average Bonchev–Trinajstić information content (AvgIpc) is 2.54. The van der Waals surface area contributed by atoms with Crippen molar-refractivity contribution in [3.8, 4) is 5.75 Å². The van der Waals surface area contributed by atoms with E-state index in [9.17, 15) is 0 Å². The number of nitrogens with zero attached hydrogens (tertiary/aromatic N) is 2. The van der Waals surface area contributed by atoms with Gasteiger partial charge in [0.15, 0.2) is 0 Å². The number of benzene rings is 1. The number of likely N-dealkylation sites (N-methyl/N-ethyl adjacent to an activating group) is 1. The molecule has 0 bridgehead atoms. The van der Waals surface area contributed by atoms with Crippen LogP contribution in [0.5, 0.6) is 5.75 Å². The van der Waals surface area contributed by atoms with Gasteiger partial charge in [0, 0.05) is 32.2 Å². The topological polar surface area (TPSA) is 15.7 Å². The lowest BCUT2D eigenvalue weighted by molar-refractivity contribution is 0.0911. The van der Waals surface area contributed by atoms with Gasteiger partial charge in [0.1, 0.15) is 5.75 Å². The standard InChI is InChI=1S/C17H26N2O.CH4/c1-3-18-9-11-19(12-10-18)17-6-4-5-14-7-8-15(20-2)13-16(14)17;/h7-8,13,17H,3-6,9-12H2,1-2H3;1H4/t17-;/m0./s1. The summed E-state index contributed by atoms with van der Waals surface area (Å²) in [6.45, 7) is 8.28. The van der Waals surface area contributed by atoms with Crippen molar-refractivity contribution in [2.75, 3.05) is 39.8 Å². The van der Waals surface area contributed by atoms with E-state index in [-0.39, 0.29) is 7.43 Å². The molecule has 3 heteroatoms. The lowest BCUT2D eigenvalue weighted by Gasteiger charge is -2.41. The smallest absolute Gasteiger partial charge is 0.119 e. The highest BCUT2D eigenvalue weighted by atomic mass is 16.5. The Balaban J connectivity index is 0.00000161. The summed E-state index contributed by atoms with van der Waals surface area (Å²) in [5, 5.41) is 0. The third kappa shape index (κ3) is 3.41. The van der Waals surface area contributed by atoms with E-state index < -0.39 is 0 Å². The van der Waals surface area contributed by atoms with E-state index in [1.807, 2.05) is 0 Å². The third-order valence-electron chi connectivity index (χ3n) is 4.93. The van der Waals surface area contributed by atoms with Gasteiger partial charge in [-0.1, -0.05) is 20.4 Å². The van der Waals surface area contributed by atoms with Gasteiger partial charge in [0.2, 0.25) is 0 Å². The van der Waals surface area contributed by atoms with Crippen molar-refractivity contribution >= 4 is 0 Å². The van der Waals surface area contributed by atoms with Crippen LogP contribution in [0.15, 0.2) is 18.2 Å². The van der Waals surface area contributed by atoms with Crippen LogP contribution in [-0.4, -0.2) is 49.6 Å². The first-order valence-corrected chi connectivity index (χ1v) is 7.95. The van der Waals surface area contributed by atoms with Gasteiger partial charge in [-0.05, 0) is 49.1 Å². The van der Waals surface area contributed by atoms with Gasteiger partial charge < -0.3 is 9.64 Å². The van der Waals surface area contributed by atoms with Gasteiger partial charge in [-0.25, -0.2) is 0 Å². The monoisotopic (exact) mass is 290 g/mol. The molecule has 1 aliphatic carbocycles. The van der Waals surface area contributed by atoms with E-state index in [2.05, 4.69) is 34.9 Å². The van der Waals surface area contributed by atoms with E-state index in [0.29, 0.717) is 6.04 Å². The highest BCUT2D eigenvalue weighted by Gasteiger charge is 2.28. The molecule has 1 saturated heterocycles. The van der Waals surface area contributed by atoms with Gasteiger partial charge in [-0.3, -0.25) is 4.90 Å². The first-order chi connectivity index (χ1) is 9.81. The lowest BCUT2D eigenvalue weighted by Crippen LogP contribution is -2.47. The Morgan fingerprint density at radius 3 is 2.62 bits per heavy atom. The van der Waals surface area contributed by atoms with Crippen LogP contribution in [0.2, 0.25) is 0 Å². The van der Waals surface area contributed by atoms with Crippen molar-refractivity contribution < 1.29 is 4.74 Å². The largest absolute Gasteiger partial charge is 0.497 e. The Labute approximate surface area is 129 Å². The molecule has 2 aliphatic rings. The SMILES string of the molecule is C.CCN1CCN([C@H]2CCCc3ccc(OC)cc32)CC1. The highest BCUT2D eigenvalue weighted by molar-refractivity contribution is 5.39. The minimum atomic E-state index is 0. The Morgan fingerprint density at radius 1 is 1.19 bits per heavy atom. The molecule has 0 saturated carbocycles. The summed E-state index contributed by atoms with van der Waals surface area (Å²) < 4.78 is 5.42. The second-order valence-electron chi connectivity index (χ2n) is 5.94. The predicted molar refractivity (Wildman–Crippen MR) is 89.1 cm³/mol. The number of rotatable bonds is 3. The van der Waals surface area contributed by atoms with Crippen molar-refractivity contribution in [3.63, 3.8) is 0 Å². The zero-order valence-electron chi connectivity index (χ0n) is 12.8. The van der Waals surface area contributed by atoms with Crippen LogP contribution in [-0.2, 0) is 6.42 Å². The van der Waals surface area contributed by atoms with Gasteiger partial charge in [-0.15, -0.1) is 0 Å². The Kier molecular flexibility index (Phi) is 5.65. The number of fused-ring (bicyclic) bond motifs is 1. The maximum Gasteiger partial charge on any atom is 0.119 e. The minimum Gasteiger partial charge on any atom is -0.497 e. The molecule has 1 fully saturated rings. The van der Waals surface area contributed by atoms with Gasteiger partial charge in [0.25, 0.3) is 0 Å². The number of hydrogen-bond donors (Lipinski definition) is 0. The molecule has 21 heavy (non-hydrogen) atoms. The molecule has 1 heterocycles.